The minimum atomic E-state index is -0.355. The Bertz CT molecular complexity index is 640. The fourth-order valence-corrected chi connectivity index (χ4v) is 2.28. The van der Waals surface area contributed by atoms with Gasteiger partial charge >= 0.3 is 0 Å². The Morgan fingerprint density at radius 2 is 2.11 bits per heavy atom. The molecule has 6 heteroatoms. The molecule has 0 atom stereocenters. The molecular formula is C13H14BrN3O2. The molecule has 4 N–H and O–H groups in total. The van der Waals surface area contributed by atoms with Gasteiger partial charge in [0.1, 0.15) is 11.4 Å². The number of nitrogens with one attached hydrogen (secondary N) is 1. The second kappa shape index (κ2) is 5.99. The maximum absolute atomic E-state index is 12.1. The van der Waals surface area contributed by atoms with Gasteiger partial charge in [0.2, 0.25) is 5.88 Å². The van der Waals surface area contributed by atoms with Gasteiger partial charge in [0.05, 0.1) is 0 Å². The highest BCUT2D eigenvalue weighted by Gasteiger charge is 2.14. The monoisotopic (exact) mass is 323 g/mol. The number of aromatic nitrogens is 2. The number of benzene rings is 1. The minimum Gasteiger partial charge on any atom is -0.493 e. The molecule has 0 spiro atoms. The predicted molar refractivity (Wildman–Crippen MR) is 77.0 cm³/mol. The van der Waals surface area contributed by atoms with Gasteiger partial charge in [-0.15, -0.1) is 0 Å². The topological polar surface area (TPSA) is 92.0 Å². The summed E-state index contributed by atoms with van der Waals surface area (Å²) in [6.45, 7) is 0.510. The van der Waals surface area contributed by atoms with Crippen LogP contribution in [-0.2, 0) is 6.42 Å². The number of aryl methyl sites for hydroxylation is 1. The highest BCUT2D eigenvalue weighted by atomic mass is 79.9. The molecule has 5 nitrogen and oxygen atoms in total. The van der Waals surface area contributed by atoms with Crippen LogP contribution in [0.5, 0.6) is 5.88 Å². The summed E-state index contributed by atoms with van der Waals surface area (Å²) in [5.41, 5.74) is 5.83. The van der Waals surface area contributed by atoms with Crippen LogP contribution in [0.1, 0.15) is 12.2 Å². The van der Waals surface area contributed by atoms with Gasteiger partial charge < -0.3 is 15.8 Å². The molecule has 2 rings (SSSR count). The van der Waals surface area contributed by atoms with Crippen LogP contribution in [0.15, 0.2) is 33.5 Å². The van der Waals surface area contributed by atoms with E-state index in [0.29, 0.717) is 30.8 Å². The van der Waals surface area contributed by atoms with E-state index in [0.717, 1.165) is 4.47 Å². The summed E-state index contributed by atoms with van der Waals surface area (Å²) in [4.78, 5) is 18.8. The van der Waals surface area contributed by atoms with Gasteiger partial charge in [0.15, 0.2) is 0 Å². The quantitative estimate of drug-likeness (QED) is 0.799. The molecule has 2 aromatic rings. The van der Waals surface area contributed by atoms with Crippen LogP contribution in [-0.4, -0.2) is 21.6 Å². The van der Waals surface area contributed by atoms with Crippen molar-refractivity contribution in [2.24, 2.45) is 5.73 Å². The van der Waals surface area contributed by atoms with Gasteiger partial charge in [-0.2, -0.15) is 4.98 Å². The van der Waals surface area contributed by atoms with Crippen molar-refractivity contribution >= 4 is 15.9 Å². The number of nitrogens with two attached hydrogens (primary N) is 1. The standard InChI is InChI=1S/C13H14BrN3O2/c14-9-5-2-1-4-8(9)11-12(18)16-10(6-3-7-15)17-13(11)19/h1-2,4-5H,3,6-7,15H2,(H2,16,17,18,19). The van der Waals surface area contributed by atoms with Crippen molar-refractivity contribution in [1.29, 1.82) is 0 Å². The molecule has 0 radical (unpaired) electrons. The van der Waals surface area contributed by atoms with E-state index >= 15 is 0 Å². The van der Waals surface area contributed by atoms with Gasteiger partial charge in [-0.25, -0.2) is 0 Å². The van der Waals surface area contributed by atoms with Crippen molar-refractivity contribution in [3.05, 3.63) is 44.9 Å². The smallest absolute Gasteiger partial charge is 0.262 e. The second-order valence-corrected chi connectivity index (χ2v) is 4.94. The Kier molecular flexibility index (Phi) is 4.34. The summed E-state index contributed by atoms with van der Waals surface area (Å²) in [5, 5.41) is 9.97. The molecule has 0 aliphatic carbocycles. The molecule has 1 heterocycles. The zero-order valence-electron chi connectivity index (χ0n) is 10.2. The first-order valence-corrected chi connectivity index (χ1v) is 6.70. The highest BCUT2D eigenvalue weighted by molar-refractivity contribution is 9.10. The summed E-state index contributed by atoms with van der Waals surface area (Å²) in [6.07, 6.45) is 1.24. The van der Waals surface area contributed by atoms with E-state index in [-0.39, 0.29) is 17.0 Å². The molecule has 0 aliphatic heterocycles. The van der Waals surface area contributed by atoms with E-state index in [4.69, 9.17) is 5.73 Å². The molecule has 0 aliphatic rings. The Labute approximate surface area is 118 Å². The van der Waals surface area contributed by atoms with Crippen molar-refractivity contribution in [2.75, 3.05) is 6.54 Å². The molecule has 0 bridgehead atoms. The Hall–Kier alpha value is -1.66. The maximum Gasteiger partial charge on any atom is 0.262 e. The normalized spacial score (nSPS) is 10.6. The Balaban J connectivity index is 2.49. The molecule has 0 saturated heterocycles. The van der Waals surface area contributed by atoms with Gasteiger partial charge in [0.25, 0.3) is 5.56 Å². The van der Waals surface area contributed by atoms with E-state index < -0.39 is 0 Å². The summed E-state index contributed by atoms with van der Waals surface area (Å²) in [5.74, 6) is 0.187. The number of rotatable bonds is 4. The lowest BCUT2D eigenvalue weighted by Gasteiger charge is -2.07. The second-order valence-electron chi connectivity index (χ2n) is 4.08. The average Bonchev–Trinajstić information content (AvgIpc) is 2.38. The summed E-state index contributed by atoms with van der Waals surface area (Å²) in [7, 11) is 0. The van der Waals surface area contributed by atoms with Gasteiger partial charge in [-0.3, -0.25) is 4.79 Å². The van der Waals surface area contributed by atoms with Crippen molar-refractivity contribution in [3.8, 4) is 17.0 Å². The van der Waals surface area contributed by atoms with Crippen LogP contribution in [0.25, 0.3) is 11.1 Å². The van der Waals surface area contributed by atoms with E-state index in [1.807, 2.05) is 6.07 Å². The molecule has 0 unspecified atom stereocenters. The highest BCUT2D eigenvalue weighted by Crippen LogP contribution is 2.30. The lowest BCUT2D eigenvalue weighted by molar-refractivity contribution is 0.449. The zero-order valence-corrected chi connectivity index (χ0v) is 11.8. The van der Waals surface area contributed by atoms with Gasteiger partial charge in [-0.05, 0) is 19.0 Å². The third kappa shape index (κ3) is 3.02. The van der Waals surface area contributed by atoms with E-state index in [1.54, 1.807) is 18.2 Å². The number of nitrogens with zero attached hydrogens (tertiary/aromatic N) is 1. The van der Waals surface area contributed by atoms with Crippen LogP contribution in [0.2, 0.25) is 0 Å². The number of hydrogen-bond donors (Lipinski definition) is 3. The van der Waals surface area contributed by atoms with Crippen LogP contribution >= 0.6 is 15.9 Å². The number of hydrogen-bond acceptors (Lipinski definition) is 4. The first kappa shape index (κ1) is 13.8. The lowest BCUT2D eigenvalue weighted by atomic mass is 10.1. The summed E-state index contributed by atoms with van der Waals surface area (Å²) < 4.78 is 0.729. The third-order valence-corrected chi connectivity index (χ3v) is 3.40. The summed E-state index contributed by atoms with van der Waals surface area (Å²) in [6, 6.07) is 7.18. The first-order valence-electron chi connectivity index (χ1n) is 5.90. The number of H-pyrrole nitrogens is 1. The summed E-state index contributed by atoms with van der Waals surface area (Å²) >= 11 is 3.35. The maximum atomic E-state index is 12.1. The number of aromatic amines is 1. The van der Waals surface area contributed by atoms with Crippen LogP contribution in [0.4, 0.5) is 0 Å². The molecule has 19 heavy (non-hydrogen) atoms. The lowest BCUT2D eigenvalue weighted by Crippen LogP contribution is -2.15. The van der Waals surface area contributed by atoms with E-state index in [9.17, 15) is 9.90 Å². The van der Waals surface area contributed by atoms with Crippen molar-refractivity contribution in [2.45, 2.75) is 12.8 Å². The van der Waals surface area contributed by atoms with Crippen LogP contribution < -0.4 is 11.3 Å². The van der Waals surface area contributed by atoms with Crippen LogP contribution in [0, 0.1) is 0 Å². The molecule has 1 aromatic carbocycles. The van der Waals surface area contributed by atoms with Crippen molar-refractivity contribution < 1.29 is 5.11 Å². The number of aromatic hydroxyl groups is 1. The molecule has 0 amide bonds. The number of halogens is 1. The Morgan fingerprint density at radius 1 is 1.37 bits per heavy atom. The fraction of sp³-hybridized carbons (Fsp3) is 0.231. The zero-order chi connectivity index (χ0) is 13.8. The van der Waals surface area contributed by atoms with Crippen LogP contribution in [0.3, 0.4) is 0 Å². The molecule has 100 valence electrons. The molecule has 0 fully saturated rings. The fourth-order valence-electron chi connectivity index (χ4n) is 1.80. The molecular weight excluding hydrogens is 310 g/mol. The predicted octanol–water partition coefficient (Wildman–Crippen LogP) is 1.80. The van der Waals surface area contributed by atoms with E-state index in [1.165, 1.54) is 0 Å². The van der Waals surface area contributed by atoms with E-state index in [2.05, 4.69) is 25.9 Å². The molecule has 0 saturated carbocycles. The minimum absolute atomic E-state index is 0.170. The SMILES string of the molecule is NCCCc1nc(O)c(-c2ccccc2Br)c(=O)[nH]1. The first-order chi connectivity index (χ1) is 9.13. The van der Waals surface area contributed by atoms with Crippen molar-refractivity contribution in [1.82, 2.24) is 9.97 Å². The van der Waals surface area contributed by atoms with Gasteiger partial charge in [0, 0.05) is 16.5 Å². The molecule has 1 aromatic heterocycles. The van der Waals surface area contributed by atoms with Gasteiger partial charge in [-0.1, -0.05) is 34.1 Å². The van der Waals surface area contributed by atoms with Crippen molar-refractivity contribution in [3.63, 3.8) is 0 Å². The largest absolute Gasteiger partial charge is 0.493 e. The Morgan fingerprint density at radius 3 is 2.74 bits per heavy atom. The third-order valence-electron chi connectivity index (χ3n) is 2.71. The average molecular weight is 324 g/mol.